The van der Waals surface area contributed by atoms with Crippen molar-refractivity contribution in [3.8, 4) is 0 Å². The lowest BCUT2D eigenvalue weighted by atomic mass is 10.1. The molecule has 0 bridgehead atoms. The molecule has 0 saturated heterocycles. The Labute approximate surface area is 127 Å². The van der Waals surface area contributed by atoms with E-state index in [9.17, 15) is 0 Å². The first-order chi connectivity index (χ1) is 9.76. The SMILES string of the molecule is CCc1cc(Br)ccc1NCc1ccc2cc[nH]c2c1. The second kappa shape index (κ2) is 5.71. The zero-order valence-electron chi connectivity index (χ0n) is 11.4. The van der Waals surface area contributed by atoms with Gasteiger partial charge in [0.15, 0.2) is 0 Å². The Hall–Kier alpha value is -1.74. The number of hydrogen-bond donors (Lipinski definition) is 2. The number of nitrogens with one attached hydrogen (secondary N) is 2. The predicted octanol–water partition coefficient (Wildman–Crippen LogP) is 5.10. The van der Waals surface area contributed by atoms with E-state index in [1.165, 1.54) is 27.7 Å². The van der Waals surface area contributed by atoms with E-state index in [4.69, 9.17) is 0 Å². The summed E-state index contributed by atoms with van der Waals surface area (Å²) in [6.45, 7) is 3.02. The first-order valence-electron chi connectivity index (χ1n) is 6.84. The van der Waals surface area contributed by atoms with E-state index in [0.717, 1.165) is 17.4 Å². The quantitative estimate of drug-likeness (QED) is 0.684. The number of fused-ring (bicyclic) bond motifs is 1. The first-order valence-corrected chi connectivity index (χ1v) is 7.64. The Morgan fingerprint density at radius 2 is 2.00 bits per heavy atom. The maximum Gasteiger partial charge on any atom is 0.0457 e. The molecule has 3 aromatic rings. The minimum absolute atomic E-state index is 0.837. The van der Waals surface area contributed by atoms with Gasteiger partial charge in [-0.25, -0.2) is 0 Å². The van der Waals surface area contributed by atoms with Crippen molar-refractivity contribution in [3.63, 3.8) is 0 Å². The minimum atomic E-state index is 0.837. The summed E-state index contributed by atoms with van der Waals surface area (Å²) in [5.74, 6) is 0. The van der Waals surface area contributed by atoms with Gasteiger partial charge in [0.05, 0.1) is 0 Å². The summed E-state index contributed by atoms with van der Waals surface area (Å²) in [6.07, 6.45) is 3.00. The summed E-state index contributed by atoms with van der Waals surface area (Å²) in [7, 11) is 0. The van der Waals surface area contributed by atoms with Crippen LogP contribution in [-0.2, 0) is 13.0 Å². The maximum absolute atomic E-state index is 3.53. The molecule has 1 heterocycles. The van der Waals surface area contributed by atoms with Gasteiger partial charge in [0, 0.05) is 28.4 Å². The number of aryl methyl sites for hydroxylation is 1. The first kappa shape index (κ1) is 13.3. The molecule has 2 N–H and O–H groups in total. The maximum atomic E-state index is 3.53. The third kappa shape index (κ3) is 2.73. The summed E-state index contributed by atoms with van der Waals surface area (Å²) < 4.78 is 1.13. The smallest absolute Gasteiger partial charge is 0.0457 e. The highest BCUT2D eigenvalue weighted by atomic mass is 79.9. The molecule has 0 aliphatic rings. The average Bonchev–Trinajstić information content (AvgIpc) is 2.93. The Bertz CT molecular complexity index is 731. The molecule has 0 radical (unpaired) electrons. The van der Waals surface area contributed by atoms with Crippen LogP contribution in [0.2, 0.25) is 0 Å². The highest BCUT2D eigenvalue weighted by molar-refractivity contribution is 9.10. The number of anilines is 1. The van der Waals surface area contributed by atoms with Gasteiger partial charge in [0.1, 0.15) is 0 Å². The van der Waals surface area contributed by atoms with Crippen molar-refractivity contribution in [1.29, 1.82) is 0 Å². The van der Waals surface area contributed by atoms with Gasteiger partial charge in [-0.15, -0.1) is 0 Å². The van der Waals surface area contributed by atoms with Gasteiger partial charge in [0.2, 0.25) is 0 Å². The van der Waals surface area contributed by atoms with Crippen LogP contribution < -0.4 is 5.32 Å². The summed E-state index contributed by atoms with van der Waals surface area (Å²) >= 11 is 3.52. The van der Waals surface area contributed by atoms with Gasteiger partial charge in [-0.05, 0) is 53.3 Å². The minimum Gasteiger partial charge on any atom is -0.381 e. The van der Waals surface area contributed by atoms with Crippen LogP contribution in [0.3, 0.4) is 0 Å². The van der Waals surface area contributed by atoms with Crippen LogP contribution >= 0.6 is 15.9 Å². The fourth-order valence-corrected chi connectivity index (χ4v) is 2.84. The molecule has 20 heavy (non-hydrogen) atoms. The molecule has 0 aliphatic heterocycles. The lowest BCUT2D eigenvalue weighted by molar-refractivity contribution is 1.09. The fraction of sp³-hybridized carbons (Fsp3) is 0.176. The molecule has 102 valence electrons. The molecule has 0 aliphatic carbocycles. The van der Waals surface area contributed by atoms with Crippen LogP contribution in [0, 0.1) is 0 Å². The molecule has 0 atom stereocenters. The molecule has 0 unspecified atom stereocenters. The molecule has 1 aromatic heterocycles. The highest BCUT2D eigenvalue weighted by Crippen LogP contribution is 2.22. The normalized spacial score (nSPS) is 10.9. The second-order valence-corrected chi connectivity index (χ2v) is 5.82. The molecule has 2 aromatic carbocycles. The van der Waals surface area contributed by atoms with Crippen LogP contribution in [0.4, 0.5) is 5.69 Å². The third-order valence-electron chi connectivity index (χ3n) is 3.55. The number of rotatable bonds is 4. The van der Waals surface area contributed by atoms with Gasteiger partial charge < -0.3 is 10.3 Å². The monoisotopic (exact) mass is 328 g/mol. The Morgan fingerprint density at radius 1 is 1.10 bits per heavy atom. The summed E-state index contributed by atoms with van der Waals surface area (Å²) in [5, 5.41) is 4.79. The molecule has 2 nitrogen and oxygen atoms in total. The molecular formula is C17H17BrN2. The van der Waals surface area contributed by atoms with E-state index < -0.39 is 0 Å². The van der Waals surface area contributed by atoms with E-state index in [1.54, 1.807) is 0 Å². The van der Waals surface area contributed by atoms with E-state index in [2.05, 4.69) is 75.6 Å². The molecule has 3 heteroatoms. The number of halogens is 1. The number of aromatic amines is 1. The summed E-state index contributed by atoms with van der Waals surface area (Å²) in [4.78, 5) is 3.25. The van der Waals surface area contributed by atoms with Crippen molar-refractivity contribution in [3.05, 3.63) is 64.3 Å². The molecule has 3 rings (SSSR count). The van der Waals surface area contributed by atoms with Crippen molar-refractivity contribution >= 4 is 32.5 Å². The van der Waals surface area contributed by atoms with Gasteiger partial charge in [-0.1, -0.05) is 35.0 Å². The van der Waals surface area contributed by atoms with Crippen LogP contribution in [-0.4, -0.2) is 4.98 Å². The third-order valence-corrected chi connectivity index (χ3v) is 4.04. The van der Waals surface area contributed by atoms with Crippen LogP contribution in [0.25, 0.3) is 10.9 Å². The van der Waals surface area contributed by atoms with Crippen LogP contribution in [0.5, 0.6) is 0 Å². The highest BCUT2D eigenvalue weighted by Gasteiger charge is 2.02. The lowest BCUT2D eigenvalue weighted by Gasteiger charge is -2.11. The lowest BCUT2D eigenvalue weighted by Crippen LogP contribution is -2.02. The molecular weight excluding hydrogens is 312 g/mol. The summed E-state index contributed by atoms with van der Waals surface area (Å²) in [6, 6.07) is 15.0. The van der Waals surface area contributed by atoms with Gasteiger partial charge >= 0.3 is 0 Å². The Balaban J connectivity index is 1.78. The second-order valence-electron chi connectivity index (χ2n) is 4.91. The average molecular weight is 329 g/mol. The molecule has 0 amide bonds. The van der Waals surface area contributed by atoms with Crippen molar-refractivity contribution in [2.45, 2.75) is 19.9 Å². The van der Waals surface area contributed by atoms with Gasteiger partial charge in [-0.3, -0.25) is 0 Å². The molecule has 0 saturated carbocycles. The van der Waals surface area contributed by atoms with Crippen molar-refractivity contribution < 1.29 is 0 Å². The van der Waals surface area contributed by atoms with Crippen molar-refractivity contribution in [1.82, 2.24) is 4.98 Å². The number of hydrogen-bond acceptors (Lipinski definition) is 1. The Morgan fingerprint density at radius 3 is 2.85 bits per heavy atom. The van der Waals surface area contributed by atoms with E-state index in [0.29, 0.717) is 0 Å². The van der Waals surface area contributed by atoms with Gasteiger partial charge in [0.25, 0.3) is 0 Å². The van der Waals surface area contributed by atoms with Gasteiger partial charge in [-0.2, -0.15) is 0 Å². The largest absolute Gasteiger partial charge is 0.381 e. The number of H-pyrrole nitrogens is 1. The number of aromatic nitrogens is 1. The fourth-order valence-electron chi connectivity index (χ4n) is 2.43. The van der Waals surface area contributed by atoms with E-state index in [-0.39, 0.29) is 0 Å². The zero-order chi connectivity index (χ0) is 13.9. The summed E-state index contributed by atoms with van der Waals surface area (Å²) in [5.41, 5.74) is 5.02. The predicted molar refractivity (Wildman–Crippen MR) is 89.1 cm³/mol. The van der Waals surface area contributed by atoms with Crippen LogP contribution in [0.15, 0.2) is 53.1 Å². The molecule has 0 fully saturated rings. The Kier molecular flexibility index (Phi) is 3.79. The number of benzene rings is 2. The van der Waals surface area contributed by atoms with E-state index >= 15 is 0 Å². The zero-order valence-corrected chi connectivity index (χ0v) is 13.0. The van der Waals surface area contributed by atoms with Crippen molar-refractivity contribution in [2.75, 3.05) is 5.32 Å². The van der Waals surface area contributed by atoms with Crippen LogP contribution in [0.1, 0.15) is 18.1 Å². The van der Waals surface area contributed by atoms with Crippen molar-refractivity contribution in [2.24, 2.45) is 0 Å². The van der Waals surface area contributed by atoms with E-state index in [1.807, 2.05) is 6.20 Å². The molecule has 0 spiro atoms. The standard InChI is InChI=1S/C17H17BrN2/c1-2-13-10-15(18)5-6-16(13)20-11-12-3-4-14-7-8-19-17(14)9-12/h3-10,19-20H,2,11H2,1H3. The topological polar surface area (TPSA) is 27.8 Å².